The first-order valence-electron chi connectivity index (χ1n) is 15.7. The molecule has 0 radical (unpaired) electrons. The summed E-state index contributed by atoms with van der Waals surface area (Å²) in [7, 11) is -1.13. The lowest BCUT2D eigenvalue weighted by molar-refractivity contribution is -0.119. The van der Waals surface area contributed by atoms with Crippen LogP contribution in [0.15, 0.2) is 54.6 Å². The number of aromatic amines is 1. The summed E-state index contributed by atoms with van der Waals surface area (Å²) in [6.45, 7) is 12.4. The van der Waals surface area contributed by atoms with E-state index in [4.69, 9.17) is 9.84 Å². The maximum atomic E-state index is 14.0. The van der Waals surface area contributed by atoms with Crippen LogP contribution in [0.2, 0.25) is 25.7 Å². The van der Waals surface area contributed by atoms with Gasteiger partial charge >= 0.3 is 0 Å². The Morgan fingerprint density at radius 2 is 1.65 bits per heavy atom. The van der Waals surface area contributed by atoms with E-state index in [0.29, 0.717) is 36.1 Å². The van der Waals surface area contributed by atoms with Gasteiger partial charge in [-0.3, -0.25) is 4.79 Å². The molecule has 0 saturated heterocycles. The minimum atomic E-state index is -1.13. The van der Waals surface area contributed by atoms with E-state index in [0.717, 1.165) is 46.4 Å². The number of rotatable bonds is 13. The van der Waals surface area contributed by atoms with Gasteiger partial charge in [0.15, 0.2) is 5.82 Å². The molecule has 0 spiro atoms. The van der Waals surface area contributed by atoms with Gasteiger partial charge in [-0.2, -0.15) is 5.10 Å². The quantitative estimate of drug-likeness (QED) is 0.124. The van der Waals surface area contributed by atoms with Crippen molar-refractivity contribution in [2.45, 2.75) is 77.9 Å². The van der Waals surface area contributed by atoms with Gasteiger partial charge in [-0.05, 0) is 81.0 Å². The van der Waals surface area contributed by atoms with Crippen molar-refractivity contribution in [3.05, 3.63) is 71.8 Å². The Balaban J connectivity index is 1.18. The molecule has 0 bridgehead atoms. The highest BCUT2D eigenvalue weighted by atomic mass is 28.3. The highest BCUT2D eigenvalue weighted by Gasteiger charge is 2.49. The molecule has 2 aliphatic rings. The van der Waals surface area contributed by atoms with Crippen LogP contribution in [0.5, 0.6) is 0 Å². The number of carbonyl (C=O) groups is 1. The average molecular weight is 597 g/mol. The molecule has 1 atom stereocenters. The van der Waals surface area contributed by atoms with Crippen LogP contribution in [0, 0.1) is 31.6 Å². The Kier molecular flexibility index (Phi) is 8.37. The van der Waals surface area contributed by atoms with E-state index < -0.39 is 8.07 Å². The minimum Gasteiger partial charge on any atom is -0.360 e. The molecule has 8 nitrogen and oxygen atoms in total. The fraction of sp³-hybridized carbons (Fsp3) is 0.471. The van der Waals surface area contributed by atoms with E-state index in [9.17, 15) is 4.79 Å². The van der Waals surface area contributed by atoms with E-state index in [1.165, 1.54) is 25.7 Å². The van der Waals surface area contributed by atoms with Crippen LogP contribution in [0.4, 0.5) is 5.69 Å². The number of hydrogen-bond acceptors (Lipinski definition) is 5. The fourth-order valence-corrected chi connectivity index (χ4v) is 6.98. The van der Waals surface area contributed by atoms with Gasteiger partial charge in [0.05, 0.1) is 5.69 Å². The van der Waals surface area contributed by atoms with E-state index in [1.807, 2.05) is 54.1 Å². The molecule has 4 aromatic rings. The summed E-state index contributed by atoms with van der Waals surface area (Å²) < 4.78 is 7.92. The summed E-state index contributed by atoms with van der Waals surface area (Å²) in [5.41, 5.74) is 6.00. The number of ether oxygens (including phenoxy) is 1. The number of aromatic nitrogens is 5. The van der Waals surface area contributed by atoms with Crippen LogP contribution in [-0.2, 0) is 16.3 Å². The van der Waals surface area contributed by atoms with Crippen molar-refractivity contribution in [3.63, 3.8) is 0 Å². The van der Waals surface area contributed by atoms with Crippen molar-refractivity contribution in [2.24, 2.45) is 17.8 Å². The van der Waals surface area contributed by atoms with Crippen LogP contribution < -0.4 is 5.32 Å². The summed E-state index contributed by atoms with van der Waals surface area (Å²) >= 11 is 0. The van der Waals surface area contributed by atoms with Gasteiger partial charge in [-0.1, -0.05) is 62.1 Å². The van der Waals surface area contributed by atoms with Gasteiger partial charge in [-0.25, -0.2) is 4.68 Å². The normalized spacial score (nSPS) is 16.0. The highest BCUT2D eigenvalue weighted by molar-refractivity contribution is 6.76. The zero-order valence-corrected chi connectivity index (χ0v) is 27.1. The minimum absolute atomic E-state index is 0.0111. The van der Waals surface area contributed by atoms with Gasteiger partial charge in [-0.15, -0.1) is 10.2 Å². The standard InChI is InChI=1S/C34H44N6O2Si/c1-22-29(23(2)40(39-22)21-42-19-20-43(3,4)5)24-15-17-28(18-16-24)35-34(41)31(30(25-11-12-25)26-13-14-26)33-36-32(37-38-33)27-9-7-6-8-10-27/h6-10,15-18,25-26,30-31H,11-14,19-21H2,1-5H3,(H,35,41)(H,36,37,38). The Labute approximate surface area is 255 Å². The van der Waals surface area contributed by atoms with E-state index >= 15 is 0 Å². The molecule has 2 aromatic heterocycles. The van der Waals surface area contributed by atoms with Gasteiger partial charge in [0.25, 0.3) is 0 Å². The van der Waals surface area contributed by atoms with Crippen molar-refractivity contribution in [1.82, 2.24) is 25.0 Å². The number of amides is 1. The van der Waals surface area contributed by atoms with Crippen LogP contribution in [0.1, 0.15) is 48.8 Å². The molecule has 2 saturated carbocycles. The van der Waals surface area contributed by atoms with Crippen molar-refractivity contribution in [1.29, 1.82) is 0 Å². The summed E-state index contributed by atoms with van der Waals surface area (Å²) in [6.07, 6.45) is 4.76. The second kappa shape index (κ2) is 12.2. The number of nitrogens with one attached hydrogen (secondary N) is 2. The largest absolute Gasteiger partial charge is 0.360 e. The lowest BCUT2D eigenvalue weighted by Gasteiger charge is -2.24. The summed E-state index contributed by atoms with van der Waals surface area (Å²) in [5.74, 6) is 2.46. The fourth-order valence-electron chi connectivity index (χ4n) is 6.22. The smallest absolute Gasteiger partial charge is 0.235 e. The van der Waals surface area contributed by atoms with Crippen LogP contribution in [0.3, 0.4) is 0 Å². The predicted molar refractivity (Wildman–Crippen MR) is 173 cm³/mol. The van der Waals surface area contributed by atoms with Crippen molar-refractivity contribution >= 4 is 19.7 Å². The molecule has 2 N–H and O–H groups in total. The lowest BCUT2D eigenvalue weighted by atomic mass is 9.82. The monoisotopic (exact) mass is 596 g/mol. The second-order valence-corrected chi connectivity index (χ2v) is 19.2. The molecule has 1 amide bonds. The Morgan fingerprint density at radius 1 is 0.977 bits per heavy atom. The molecule has 0 aliphatic heterocycles. The van der Waals surface area contributed by atoms with E-state index in [2.05, 4.69) is 59.2 Å². The molecular weight excluding hydrogens is 553 g/mol. The number of aryl methyl sites for hydroxylation is 1. The molecule has 2 fully saturated rings. The molecule has 43 heavy (non-hydrogen) atoms. The molecule has 2 heterocycles. The van der Waals surface area contributed by atoms with Crippen LogP contribution in [0.25, 0.3) is 22.5 Å². The SMILES string of the molecule is Cc1nn(COCC[Si](C)(C)C)c(C)c1-c1ccc(NC(=O)C(c2nnc(-c3ccccc3)[nH]2)C(C2CC2)C2CC2)cc1. The number of anilines is 1. The van der Waals surface area contributed by atoms with Gasteiger partial charge in [0.2, 0.25) is 5.91 Å². The molecule has 6 rings (SSSR count). The number of carbonyl (C=O) groups excluding carboxylic acids is 1. The first-order chi connectivity index (χ1) is 20.7. The third-order valence-electron chi connectivity index (χ3n) is 8.88. The molecule has 9 heteroatoms. The summed E-state index contributed by atoms with van der Waals surface area (Å²) in [4.78, 5) is 17.4. The maximum Gasteiger partial charge on any atom is 0.235 e. The van der Waals surface area contributed by atoms with Crippen LogP contribution >= 0.6 is 0 Å². The van der Waals surface area contributed by atoms with Gasteiger partial charge < -0.3 is 15.0 Å². The van der Waals surface area contributed by atoms with Gasteiger partial charge in [0, 0.05) is 37.2 Å². The third-order valence-corrected chi connectivity index (χ3v) is 10.6. The maximum absolute atomic E-state index is 14.0. The Bertz CT molecular complexity index is 1540. The predicted octanol–water partition coefficient (Wildman–Crippen LogP) is 7.42. The first kappa shape index (κ1) is 29.5. The number of nitrogens with zero attached hydrogens (tertiary/aromatic N) is 4. The molecular formula is C34H44N6O2Si. The van der Waals surface area contributed by atoms with E-state index in [-0.39, 0.29) is 11.8 Å². The van der Waals surface area contributed by atoms with Gasteiger partial charge in [0.1, 0.15) is 18.5 Å². The number of H-pyrrole nitrogens is 1. The second-order valence-electron chi connectivity index (χ2n) is 13.6. The number of benzene rings is 2. The molecule has 2 aromatic carbocycles. The molecule has 226 valence electrons. The highest BCUT2D eigenvalue weighted by Crippen LogP contribution is 2.54. The van der Waals surface area contributed by atoms with Crippen molar-refractivity contribution in [3.8, 4) is 22.5 Å². The first-order valence-corrected chi connectivity index (χ1v) is 19.4. The summed E-state index contributed by atoms with van der Waals surface area (Å²) in [6, 6.07) is 19.2. The van der Waals surface area contributed by atoms with E-state index in [1.54, 1.807) is 0 Å². The summed E-state index contributed by atoms with van der Waals surface area (Å²) in [5, 5.41) is 16.9. The lowest BCUT2D eigenvalue weighted by Crippen LogP contribution is -2.31. The third kappa shape index (κ3) is 6.99. The Morgan fingerprint density at radius 3 is 2.28 bits per heavy atom. The topological polar surface area (TPSA) is 97.7 Å². The Hall–Kier alpha value is -3.56. The van der Waals surface area contributed by atoms with Crippen molar-refractivity contribution < 1.29 is 9.53 Å². The number of hydrogen-bond donors (Lipinski definition) is 2. The zero-order chi connectivity index (χ0) is 30.1. The zero-order valence-electron chi connectivity index (χ0n) is 26.1. The van der Waals surface area contributed by atoms with Crippen molar-refractivity contribution in [2.75, 3.05) is 11.9 Å². The molecule has 1 unspecified atom stereocenters. The van der Waals surface area contributed by atoms with Crippen LogP contribution in [-0.4, -0.2) is 45.5 Å². The average Bonchev–Trinajstić information content (AvgIpc) is 3.92. The molecule has 2 aliphatic carbocycles.